The van der Waals surface area contributed by atoms with E-state index in [0.29, 0.717) is 13.1 Å². The molecule has 2 rings (SSSR count). The number of carbonyl (C=O) groups excluding carboxylic acids is 2. The zero-order valence-corrected chi connectivity index (χ0v) is 17.1. The van der Waals surface area contributed by atoms with Crippen molar-refractivity contribution in [1.29, 1.82) is 0 Å². The Labute approximate surface area is 164 Å². The first-order valence-electron chi connectivity index (χ1n) is 9.14. The quantitative estimate of drug-likeness (QED) is 0.705. The third-order valence-corrected chi connectivity index (χ3v) is 5.69. The molecule has 1 heterocycles. The van der Waals surface area contributed by atoms with Crippen LogP contribution in [0, 0.1) is 5.82 Å². The van der Waals surface area contributed by atoms with Gasteiger partial charge in [0.05, 0.1) is 18.6 Å². The van der Waals surface area contributed by atoms with Crippen LogP contribution in [-0.4, -0.2) is 75.3 Å². The van der Waals surface area contributed by atoms with Crippen LogP contribution in [0.15, 0.2) is 24.3 Å². The van der Waals surface area contributed by atoms with Gasteiger partial charge in [-0.1, -0.05) is 6.92 Å². The third-order valence-electron chi connectivity index (χ3n) is 4.51. The van der Waals surface area contributed by atoms with Gasteiger partial charge < -0.3 is 14.5 Å². The number of hydrogen-bond donors (Lipinski definition) is 0. The summed E-state index contributed by atoms with van der Waals surface area (Å²) in [6.07, 6.45) is 0.845. The van der Waals surface area contributed by atoms with Crippen molar-refractivity contribution in [3.63, 3.8) is 0 Å². The maximum atomic E-state index is 13.3. The lowest BCUT2D eigenvalue weighted by Gasteiger charge is -2.38. The highest BCUT2D eigenvalue weighted by Gasteiger charge is 2.35. The molecule has 1 saturated heterocycles. The van der Waals surface area contributed by atoms with Gasteiger partial charge in [0.25, 0.3) is 0 Å². The Morgan fingerprint density at radius 2 is 1.64 bits per heavy atom. The van der Waals surface area contributed by atoms with Crippen molar-refractivity contribution in [2.24, 2.45) is 0 Å². The Kier molecular flexibility index (Phi) is 7.22. The summed E-state index contributed by atoms with van der Waals surface area (Å²) in [4.78, 5) is 27.9. The summed E-state index contributed by atoms with van der Waals surface area (Å²) in [5.74, 6) is -0.840. The van der Waals surface area contributed by atoms with Crippen LogP contribution in [0.25, 0.3) is 0 Å². The second kappa shape index (κ2) is 9.22. The molecule has 0 aromatic heterocycles. The molecule has 0 bridgehead atoms. The number of ether oxygens (including phenoxy) is 1. The van der Waals surface area contributed by atoms with Gasteiger partial charge in [-0.2, -0.15) is 0 Å². The van der Waals surface area contributed by atoms with Crippen LogP contribution in [0.1, 0.15) is 20.3 Å². The first-order chi connectivity index (χ1) is 13.2. The maximum Gasteiger partial charge on any atom is 0.409 e. The average molecular weight is 415 g/mol. The van der Waals surface area contributed by atoms with E-state index < -0.39 is 28.0 Å². The van der Waals surface area contributed by atoms with E-state index in [9.17, 15) is 22.4 Å². The normalized spacial score (nSPS) is 15.9. The number of anilines is 1. The predicted octanol–water partition coefficient (Wildman–Crippen LogP) is 1.67. The first kappa shape index (κ1) is 21.9. The number of nitrogens with zero attached hydrogens (tertiary/aromatic N) is 3. The zero-order chi connectivity index (χ0) is 20.9. The van der Waals surface area contributed by atoms with Crippen molar-refractivity contribution in [3.8, 4) is 0 Å². The van der Waals surface area contributed by atoms with Crippen LogP contribution >= 0.6 is 0 Å². The summed E-state index contributed by atoms with van der Waals surface area (Å²) < 4.78 is 44.1. The van der Waals surface area contributed by atoms with Crippen molar-refractivity contribution in [2.75, 3.05) is 43.3 Å². The molecule has 1 aliphatic rings. The largest absolute Gasteiger partial charge is 0.450 e. The lowest BCUT2D eigenvalue weighted by Crippen LogP contribution is -2.56. The molecule has 2 amide bonds. The van der Waals surface area contributed by atoms with E-state index in [1.165, 1.54) is 17.0 Å². The summed E-state index contributed by atoms with van der Waals surface area (Å²) in [6.45, 7) is 4.92. The molecule has 0 spiro atoms. The molecule has 1 aromatic carbocycles. The molecule has 0 N–H and O–H groups in total. The second-order valence-electron chi connectivity index (χ2n) is 6.47. The second-order valence-corrected chi connectivity index (χ2v) is 8.33. The Bertz CT molecular complexity index is 792. The Hall–Kier alpha value is -2.36. The Balaban J connectivity index is 2.19. The van der Waals surface area contributed by atoms with E-state index in [4.69, 9.17) is 4.74 Å². The van der Waals surface area contributed by atoms with Crippen molar-refractivity contribution >= 4 is 27.7 Å². The van der Waals surface area contributed by atoms with Gasteiger partial charge in [-0.25, -0.2) is 17.6 Å². The molecular weight excluding hydrogens is 389 g/mol. The minimum absolute atomic E-state index is 0.231. The lowest BCUT2D eigenvalue weighted by molar-refractivity contribution is -0.134. The molecule has 28 heavy (non-hydrogen) atoms. The van der Waals surface area contributed by atoms with E-state index in [1.54, 1.807) is 18.7 Å². The highest BCUT2D eigenvalue weighted by molar-refractivity contribution is 7.92. The smallest absolute Gasteiger partial charge is 0.409 e. The molecule has 1 atom stereocenters. The summed E-state index contributed by atoms with van der Waals surface area (Å²) in [6, 6.07) is 4.04. The van der Waals surface area contributed by atoms with Crippen molar-refractivity contribution in [1.82, 2.24) is 9.80 Å². The summed E-state index contributed by atoms with van der Waals surface area (Å²) in [7, 11) is -3.78. The van der Waals surface area contributed by atoms with Gasteiger partial charge >= 0.3 is 6.09 Å². The molecular formula is C18H26FN3O5S. The number of carbonyl (C=O) groups is 2. The van der Waals surface area contributed by atoms with Gasteiger partial charge in [-0.3, -0.25) is 9.10 Å². The molecule has 10 heteroatoms. The fraction of sp³-hybridized carbons (Fsp3) is 0.556. The number of amides is 2. The number of halogens is 1. The number of sulfonamides is 1. The van der Waals surface area contributed by atoms with Gasteiger partial charge in [-0.15, -0.1) is 0 Å². The lowest BCUT2D eigenvalue weighted by atomic mass is 10.1. The molecule has 1 aliphatic heterocycles. The highest BCUT2D eigenvalue weighted by Crippen LogP contribution is 2.24. The topological polar surface area (TPSA) is 87.2 Å². The van der Waals surface area contributed by atoms with E-state index in [2.05, 4.69) is 0 Å². The van der Waals surface area contributed by atoms with E-state index in [0.717, 1.165) is 22.7 Å². The Morgan fingerprint density at radius 3 is 2.11 bits per heavy atom. The van der Waals surface area contributed by atoms with E-state index >= 15 is 0 Å². The monoisotopic (exact) mass is 415 g/mol. The zero-order valence-electron chi connectivity index (χ0n) is 16.3. The molecule has 156 valence electrons. The molecule has 0 aliphatic carbocycles. The maximum absolute atomic E-state index is 13.3. The predicted molar refractivity (Wildman–Crippen MR) is 103 cm³/mol. The van der Waals surface area contributed by atoms with Crippen molar-refractivity contribution < 1.29 is 27.1 Å². The van der Waals surface area contributed by atoms with Crippen molar-refractivity contribution in [2.45, 2.75) is 26.3 Å². The minimum atomic E-state index is -3.78. The first-order valence-corrected chi connectivity index (χ1v) is 11.0. The molecule has 8 nitrogen and oxygen atoms in total. The van der Waals surface area contributed by atoms with Crippen molar-refractivity contribution in [3.05, 3.63) is 30.1 Å². The molecule has 0 saturated carbocycles. The van der Waals surface area contributed by atoms with Gasteiger partial charge in [0, 0.05) is 26.2 Å². The molecule has 1 unspecified atom stereocenters. The SMILES string of the molecule is CCOC(=O)N1CCN(C(=O)C(CC)N(c2ccc(F)cc2)S(C)(=O)=O)CC1. The Morgan fingerprint density at radius 1 is 1.11 bits per heavy atom. The average Bonchev–Trinajstić information content (AvgIpc) is 2.66. The van der Waals surface area contributed by atoms with Gasteiger partial charge in [0.1, 0.15) is 11.9 Å². The van der Waals surface area contributed by atoms with E-state index in [1.807, 2.05) is 0 Å². The van der Waals surface area contributed by atoms with Gasteiger partial charge in [-0.05, 0) is 37.6 Å². The highest BCUT2D eigenvalue weighted by atomic mass is 32.2. The fourth-order valence-corrected chi connectivity index (χ4v) is 4.37. The third kappa shape index (κ3) is 5.12. The van der Waals surface area contributed by atoms with Crippen LogP contribution in [0.5, 0.6) is 0 Å². The molecule has 1 aromatic rings. The summed E-state index contributed by atoms with van der Waals surface area (Å²) in [5, 5.41) is 0. The molecule has 1 fully saturated rings. The van der Waals surface area contributed by atoms with Crippen LogP contribution in [-0.2, 0) is 19.6 Å². The van der Waals surface area contributed by atoms with Gasteiger partial charge in [0.15, 0.2) is 0 Å². The minimum Gasteiger partial charge on any atom is -0.450 e. The number of piperazine rings is 1. The number of rotatable bonds is 6. The fourth-order valence-electron chi connectivity index (χ4n) is 3.17. The summed E-state index contributed by atoms with van der Waals surface area (Å²) in [5.41, 5.74) is 0.231. The standard InChI is InChI=1S/C18H26FN3O5S/c1-4-16(22(28(3,25)26)15-8-6-14(19)7-9-15)17(23)20-10-12-21(13-11-20)18(24)27-5-2/h6-9,16H,4-5,10-13H2,1-3H3. The number of benzene rings is 1. The van der Waals surface area contributed by atoms with Gasteiger partial charge in [0.2, 0.25) is 15.9 Å². The van der Waals surface area contributed by atoms with Crippen LogP contribution < -0.4 is 4.31 Å². The van der Waals surface area contributed by atoms with Crippen LogP contribution in [0.3, 0.4) is 0 Å². The summed E-state index contributed by atoms with van der Waals surface area (Å²) >= 11 is 0. The van der Waals surface area contributed by atoms with Crippen LogP contribution in [0.4, 0.5) is 14.9 Å². The molecule has 0 radical (unpaired) electrons. The van der Waals surface area contributed by atoms with Crippen LogP contribution in [0.2, 0.25) is 0 Å². The van der Waals surface area contributed by atoms with E-state index in [-0.39, 0.29) is 37.7 Å². The number of hydrogen-bond acceptors (Lipinski definition) is 5.